The van der Waals surface area contributed by atoms with Crippen molar-refractivity contribution < 1.29 is 38.4 Å². The Morgan fingerprint density at radius 3 is 2.38 bits per heavy atom. The summed E-state index contributed by atoms with van der Waals surface area (Å²) < 4.78 is 20.2. The van der Waals surface area contributed by atoms with E-state index in [0.717, 1.165) is 21.0 Å². The molecule has 10 heteroatoms. The fraction of sp³-hybridized carbons (Fsp3) is 0.786. The smallest absolute Gasteiger partial charge is 0.354 e. The summed E-state index contributed by atoms with van der Waals surface area (Å²) >= 11 is 6.16. The molecule has 1 aliphatic rings. The minimum absolute atomic E-state index is 0.0864. The zero-order valence-corrected chi connectivity index (χ0v) is 14.4. The van der Waals surface area contributed by atoms with Crippen molar-refractivity contribution in [3.63, 3.8) is 0 Å². The van der Waals surface area contributed by atoms with Gasteiger partial charge in [0.1, 0.15) is 6.10 Å². The predicted molar refractivity (Wildman–Crippen MR) is 80.9 cm³/mol. The second-order valence-electron chi connectivity index (χ2n) is 5.41. The van der Waals surface area contributed by atoms with Crippen LogP contribution in [0.3, 0.4) is 0 Å². The van der Waals surface area contributed by atoms with Gasteiger partial charge in [0.25, 0.3) is 0 Å². The van der Waals surface area contributed by atoms with Gasteiger partial charge >= 0.3 is 17.9 Å². The van der Waals surface area contributed by atoms with Crippen molar-refractivity contribution >= 4 is 29.5 Å². The van der Waals surface area contributed by atoms with Gasteiger partial charge in [-0.1, -0.05) is 11.6 Å². The second kappa shape index (κ2) is 8.61. The van der Waals surface area contributed by atoms with Crippen LogP contribution in [0.2, 0.25) is 0 Å². The van der Waals surface area contributed by atoms with Crippen LogP contribution >= 0.6 is 11.6 Å². The Labute approximate surface area is 144 Å². The zero-order chi connectivity index (χ0) is 18.5. The van der Waals surface area contributed by atoms with Gasteiger partial charge in [-0.15, -0.1) is 0 Å². The molecule has 1 saturated heterocycles. The molecule has 5 atom stereocenters. The van der Waals surface area contributed by atoms with E-state index in [1.807, 2.05) is 0 Å². The summed E-state index contributed by atoms with van der Waals surface area (Å²) in [5.41, 5.74) is 5.99. The highest BCUT2D eigenvalue weighted by molar-refractivity contribution is 6.32. The van der Waals surface area contributed by atoms with Crippen molar-refractivity contribution in [1.29, 1.82) is 0 Å². The fourth-order valence-corrected chi connectivity index (χ4v) is 2.75. The molecule has 0 bridgehead atoms. The fourth-order valence-electron chi connectivity index (χ4n) is 2.46. The van der Waals surface area contributed by atoms with Crippen LogP contribution in [0, 0.1) is 0 Å². The molecule has 1 fully saturated rings. The molecule has 2 unspecified atom stereocenters. The maximum atomic E-state index is 11.8. The van der Waals surface area contributed by atoms with Crippen LogP contribution in [0.15, 0.2) is 0 Å². The molecule has 0 amide bonds. The Kier molecular flexibility index (Phi) is 7.40. The van der Waals surface area contributed by atoms with E-state index in [9.17, 15) is 19.5 Å². The number of alkyl halides is 1. The molecule has 1 rings (SSSR count). The first-order chi connectivity index (χ1) is 11.1. The highest BCUT2D eigenvalue weighted by Gasteiger charge is 2.51. The number of carbonyl (C=O) groups excluding carboxylic acids is 3. The lowest BCUT2D eigenvalue weighted by Crippen LogP contribution is -2.60. The first kappa shape index (κ1) is 20.6. The average molecular weight is 368 g/mol. The van der Waals surface area contributed by atoms with Crippen LogP contribution < -0.4 is 5.73 Å². The maximum absolute atomic E-state index is 11.8. The molecule has 1 heterocycles. The Morgan fingerprint density at radius 1 is 1.33 bits per heavy atom. The summed E-state index contributed by atoms with van der Waals surface area (Å²) in [5.74, 6) is -2.22. The van der Waals surface area contributed by atoms with Crippen molar-refractivity contribution in [1.82, 2.24) is 0 Å². The van der Waals surface area contributed by atoms with E-state index in [0.29, 0.717) is 0 Å². The molecule has 9 nitrogen and oxygen atoms in total. The lowest BCUT2D eigenvalue weighted by atomic mass is 9.92. The summed E-state index contributed by atoms with van der Waals surface area (Å²) in [6.45, 7) is 1.63. The average Bonchev–Trinajstić information content (AvgIpc) is 2.52. The minimum Gasteiger partial charge on any atom is -0.466 e. The highest BCUT2D eigenvalue weighted by Crippen LogP contribution is 2.35. The van der Waals surface area contributed by atoms with Gasteiger partial charge in [-0.3, -0.25) is 9.59 Å². The van der Waals surface area contributed by atoms with E-state index in [2.05, 4.69) is 4.74 Å². The van der Waals surface area contributed by atoms with Gasteiger partial charge in [0.15, 0.2) is 12.2 Å². The summed E-state index contributed by atoms with van der Waals surface area (Å²) in [5, 5.41) is 7.67. The highest BCUT2D eigenvalue weighted by atomic mass is 35.5. The Bertz CT molecular complexity index is 487. The minimum atomic E-state index is -1.80. The van der Waals surface area contributed by atoms with Gasteiger partial charge in [0.2, 0.25) is 5.06 Å². The first-order valence-electron chi connectivity index (χ1n) is 7.30. The number of esters is 3. The summed E-state index contributed by atoms with van der Waals surface area (Å²) in [6.07, 6.45) is -3.20. The Balaban J connectivity index is 3.11. The first-order valence-corrected chi connectivity index (χ1v) is 7.68. The number of carbonyl (C=O) groups is 3. The van der Waals surface area contributed by atoms with Crippen molar-refractivity contribution in [2.75, 3.05) is 13.7 Å². The molecule has 0 radical (unpaired) electrons. The number of halogens is 1. The molecule has 0 aromatic carbocycles. The molecular formula is C14H22ClNO8. The van der Waals surface area contributed by atoms with E-state index in [4.69, 9.17) is 31.5 Å². The molecule has 3 N–H and O–H groups in total. The maximum Gasteiger partial charge on any atom is 0.354 e. The van der Waals surface area contributed by atoms with Crippen LogP contribution in [0.5, 0.6) is 0 Å². The zero-order valence-electron chi connectivity index (χ0n) is 13.7. The topological polar surface area (TPSA) is 134 Å². The van der Waals surface area contributed by atoms with Gasteiger partial charge in [0, 0.05) is 26.3 Å². The van der Waals surface area contributed by atoms with Gasteiger partial charge in [-0.25, -0.2) is 4.79 Å². The van der Waals surface area contributed by atoms with Crippen molar-refractivity contribution in [2.24, 2.45) is 5.73 Å². The predicted octanol–water partition coefficient (Wildman–Crippen LogP) is -0.543. The van der Waals surface area contributed by atoms with Gasteiger partial charge in [-0.2, -0.15) is 0 Å². The van der Waals surface area contributed by atoms with Crippen molar-refractivity contribution in [3.8, 4) is 0 Å². The van der Waals surface area contributed by atoms with E-state index in [1.165, 1.54) is 0 Å². The monoisotopic (exact) mass is 367 g/mol. The van der Waals surface area contributed by atoms with Gasteiger partial charge < -0.3 is 29.8 Å². The summed E-state index contributed by atoms with van der Waals surface area (Å²) in [6, 6.07) is -0.671. The molecule has 1 aliphatic heterocycles. The standard InChI is InChI=1S/C14H22ClNO8/c1-7(18)22-10(6-17)12(23-8(2)19)11-9(16)4-5-14(15,24-11)13(20)21-3/h9-12,17H,4-6,16H2,1-3H3/t9?,10-,11?,12-,14+/m1/s1. The van der Waals surface area contributed by atoms with Crippen LogP contribution in [0.25, 0.3) is 0 Å². The van der Waals surface area contributed by atoms with E-state index in [1.54, 1.807) is 0 Å². The normalized spacial score (nSPS) is 29.2. The molecule has 0 saturated carbocycles. The quantitative estimate of drug-likeness (QED) is 0.360. The number of nitrogens with two attached hydrogens (primary N) is 1. The number of aliphatic hydroxyl groups excluding tert-OH is 1. The number of hydrogen-bond donors (Lipinski definition) is 2. The van der Waals surface area contributed by atoms with Crippen LogP contribution in [0.4, 0.5) is 0 Å². The van der Waals surface area contributed by atoms with Crippen molar-refractivity contribution in [3.05, 3.63) is 0 Å². The molecular weight excluding hydrogens is 346 g/mol. The van der Waals surface area contributed by atoms with Gasteiger partial charge in [-0.05, 0) is 6.42 Å². The number of aliphatic hydroxyl groups is 1. The number of rotatable bonds is 6. The van der Waals surface area contributed by atoms with Gasteiger partial charge in [0.05, 0.1) is 13.7 Å². The third-order valence-electron chi connectivity index (χ3n) is 3.52. The molecule has 0 aromatic heterocycles. The number of hydrogen-bond acceptors (Lipinski definition) is 9. The Morgan fingerprint density at radius 2 is 1.92 bits per heavy atom. The summed E-state index contributed by atoms with van der Waals surface area (Å²) in [4.78, 5) is 34.4. The van der Waals surface area contributed by atoms with E-state index >= 15 is 0 Å². The van der Waals surface area contributed by atoms with Crippen LogP contribution in [-0.4, -0.2) is 66.1 Å². The third kappa shape index (κ3) is 5.04. The molecule has 138 valence electrons. The molecule has 0 spiro atoms. The third-order valence-corrected chi connectivity index (χ3v) is 3.96. The van der Waals surface area contributed by atoms with E-state index < -0.39 is 53.9 Å². The lowest BCUT2D eigenvalue weighted by molar-refractivity contribution is -0.207. The van der Waals surface area contributed by atoms with E-state index in [-0.39, 0.29) is 12.8 Å². The summed E-state index contributed by atoms with van der Waals surface area (Å²) in [7, 11) is 1.15. The largest absolute Gasteiger partial charge is 0.466 e. The van der Waals surface area contributed by atoms with Crippen LogP contribution in [0.1, 0.15) is 26.7 Å². The number of ether oxygens (including phenoxy) is 4. The molecule has 0 aliphatic carbocycles. The lowest BCUT2D eigenvalue weighted by Gasteiger charge is -2.42. The second-order valence-corrected chi connectivity index (χ2v) is 6.02. The Hall–Kier alpha value is -1.42. The number of methoxy groups -OCH3 is 1. The molecule has 0 aromatic rings. The van der Waals surface area contributed by atoms with Crippen LogP contribution in [-0.2, 0) is 33.3 Å². The van der Waals surface area contributed by atoms with Crippen molar-refractivity contribution in [2.45, 2.75) is 56.1 Å². The SMILES string of the molecule is COC(=O)[C@]1(Cl)CCC(N)C([C@H](OC(C)=O)[C@@H](CO)OC(C)=O)O1. The molecule has 24 heavy (non-hydrogen) atoms.